The van der Waals surface area contributed by atoms with E-state index in [1.54, 1.807) is 6.92 Å². The van der Waals surface area contributed by atoms with E-state index in [0.717, 1.165) is 0 Å². The molecule has 0 aromatic carbocycles. The van der Waals surface area contributed by atoms with Crippen molar-refractivity contribution in [3.8, 4) is 0 Å². The maximum Gasteiger partial charge on any atom is 0.306 e. The van der Waals surface area contributed by atoms with E-state index in [2.05, 4.69) is 4.74 Å². The molecule has 15 heavy (non-hydrogen) atoms. The number of rotatable bonds is 6. The lowest BCUT2D eigenvalue weighted by Crippen LogP contribution is -2.16. The van der Waals surface area contributed by atoms with E-state index in [1.165, 1.54) is 13.2 Å². The highest BCUT2D eigenvalue weighted by Gasteiger charge is 2.20. The Morgan fingerprint density at radius 1 is 1.40 bits per heavy atom. The first kappa shape index (κ1) is 13.4. The Labute approximate surface area is 87.7 Å². The third kappa shape index (κ3) is 4.95. The van der Waals surface area contributed by atoms with Gasteiger partial charge in [-0.1, -0.05) is 6.08 Å². The van der Waals surface area contributed by atoms with Crippen molar-refractivity contribution in [3.05, 3.63) is 11.6 Å². The van der Waals surface area contributed by atoms with Crippen molar-refractivity contribution in [2.75, 3.05) is 7.11 Å². The Bertz CT molecular complexity index is 280. The van der Waals surface area contributed by atoms with Crippen molar-refractivity contribution in [1.29, 1.82) is 0 Å². The molecule has 1 atom stereocenters. The van der Waals surface area contributed by atoms with Crippen molar-refractivity contribution < 1.29 is 24.2 Å². The van der Waals surface area contributed by atoms with Crippen molar-refractivity contribution in [3.63, 3.8) is 0 Å². The molecule has 84 valence electrons. The molecule has 0 fully saturated rings. The molecule has 0 aromatic rings. The van der Waals surface area contributed by atoms with E-state index in [1.807, 2.05) is 0 Å². The minimum atomic E-state index is -1.05. The molecular weight excluding hydrogens is 200 g/mol. The van der Waals surface area contributed by atoms with Crippen LogP contribution in [0.3, 0.4) is 0 Å². The van der Waals surface area contributed by atoms with Gasteiger partial charge in [0.1, 0.15) is 6.29 Å². The fourth-order valence-electron chi connectivity index (χ4n) is 1.20. The van der Waals surface area contributed by atoms with Gasteiger partial charge in [-0.15, -0.1) is 0 Å². The number of ether oxygens (including phenoxy) is 1. The predicted molar refractivity (Wildman–Crippen MR) is 52.2 cm³/mol. The van der Waals surface area contributed by atoms with Gasteiger partial charge in [0, 0.05) is 5.92 Å². The molecule has 1 unspecified atom stereocenters. The van der Waals surface area contributed by atoms with Crippen LogP contribution < -0.4 is 0 Å². The van der Waals surface area contributed by atoms with Gasteiger partial charge in [0.15, 0.2) is 0 Å². The van der Waals surface area contributed by atoms with Crippen LogP contribution in [-0.2, 0) is 19.1 Å². The van der Waals surface area contributed by atoms with Crippen LogP contribution in [0.1, 0.15) is 19.8 Å². The van der Waals surface area contributed by atoms with Gasteiger partial charge in [-0.25, -0.2) is 0 Å². The first-order valence-electron chi connectivity index (χ1n) is 4.45. The van der Waals surface area contributed by atoms with Crippen LogP contribution in [0.25, 0.3) is 0 Å². The smallest absolute Gasteiger partial charge is 0.306 e. The zero-order chi connectivity index (χ0) is 11.8. The number of carbonyl (C=O) groups is 3. The number of methoxy groups -OCH3 is 1. The zero-order valence-electron chi connectivity index (χ0n) is 8.73. The largest absolute Gasteiger partial charge is 0.481 e. The molecule has 0 aliphatic heterocycles. The van der Waals surface area contributed by atoms with Crippen LogP contribution >= 0.6 is 0 Å². The van der Waals surface area contributed by atoms with E-state index < -0.39 is 17.9 Å². The molecular formula is C10H14O5. The molecule has 0 aromatic heterocycles. The molecule has 0 heterocycles. The molecule has 0 rings (SSSR count). The fraction of sp³-hybridized carbons (Fsp3) is 0.500. The Kier molecular flexibility index (Phi) is 6.01. The first-order chi connectivity index (χ1) is 7.04. The van der Waals surface area contributed by atoms with E-state index >= 15 is 0 Å². The standard InChI is InChI=1S/C10H14O5/c1-3-7(6-11)8(4-9(12)13)5-10(14)15-2/h3,6,8H,4-5H2,1-2H3,(H,12,13). The number of hydrogen-bond donors (Lipinski definition) is 1. The Morgan fingerprint density at radius 3 is 2.33 bits per heavy atom. The molecule has 0 amide bonds. The second-order valence-electron chi connectivity index (χ2n) is 2.98. The maximum absolute atomic E-state index is 11.0. The van der Waals surface area contributed by atoms with E-state index in [9.17, 15) is 14.4 Å². The fourth-order valence-corrected chi connectivity index (χ4v) is 1.20. The first-order valence-corrected chi connectivity index (χ1v) is 4.45. The lowest BCUT2D eigenvalue weighted by Gasteiger charge is -2.12. The highest BCUT2D eigenvalue weighted by atomic mass is 16.5. The molecule has 0 bridgehead atoms. The summed E-state index contributed by atoms with van der Waals surface area (Å²) in [6, 6.07) is 0. The van der Waals surface area contributed by atoms with Gasteiger partial charge < -0.3 is 9.84 Å². The summed E-state index contributed by atoms with van der Waals surface area (Å²) in [6.45, 7) is 1.62. The molecule has 5 heteroatoms. The Balaban J connectivity index is 4.63. The minimum absolute atomic E-state index is 0.0960. The summed E-state index contributed by atoms with van der Waals surface area (Å²) in [7, 11) is 1.22. The maximum atomic E-state index is 11.0. The highest BCUT2D eigenvalue weighted by molar-refractivity contribution is 5.80. The molecule has 0 aliphatic carbocycles. The summed E-state index contributed by atoms with van der Waals surface area (Å²) in [6.07, 6.45) is 1.72. The normalized spacial score (nSPS) is 13.1. The van der Waals surface area contributed by atoms with Crippen molar-refractivity contribution in [2.24, 2.45) is 5.92 Å². The molecule has 0 aliphatic rings. The second-order valence-corrected chi connectivity index (χ2v) is 2.98. The number of esters is 1. The second kappa shape index (κ2) is 6.75. The molecule has 0 spiro atoms. The summed E-state index contributed by atoms with van der Waals surface area (Å²) in [4.78, 5) is 32.1. The summed E-state index contributed by atoms with van der Waals surface area (Å²) in [5, 5.41) is 8.61. The van der Waals surface area contributed by atoms with Crippen LogP contribution in [0, 0.1) is 5.92 Å². The van der Waals surface area contributed by atoms with Gasteiger partial charge >= 0.3 is 11.9 Å². The van der Waals surface area contributed by atoms with Crippen molar-refractivity contribution >= 4 is 18.2 Å². The molecule has 5 nitrogen and oxygen atoms in total. The van der Waals surface area contributed by atoms with Crippen LogP contribution in [0.4, 0.5) is 0 Å². The van der Waals surface area contributed by atoms with Crippen LogP contribution in [0.2, 0.25) is 0 Å². The summed E-state index contributed by atoms with van der Waals surface area (Å²) in [5.41, 5.74) is 0.308. The summed E-state index contributed by atoms with van der Waals surface area (Å²) in [5.74, 6) is -2.19. The quantitative estimate of drug-likeness (QED) is 0.401. The Hall–Kier alpha value is -1.65. The monoisotopic (exact) mass is 214 g/mol. The number of allylic oxidation sites excluding steroid dienone is 2. The minimum Gasteiger partial charge on any atom is -0.481 e. The summed E-state index contributed by atoms with van der Waals surface area (Å²) < 4.78 is 4.43. The lowest BCUT2D eigenvalue weighted by atomic mass is 9.93. The number of carboxylic acids is 1. The molecule has 0 saturated carbocycles. The highest BCUT2D eigenvalue weighted by Crippen LogP contribution is 2.18. The van der Waals surface area contributed by atoms with Gasteiger partial charge in [0.2, 0.25) is 0 Å². The third-order valence-corrected chi connectivity index (χ3v) is 2.00. The Morgan fingerprint density at radius 2 is 2.00 bits per heavy atom. The number of carboxylic acid groups (broad SMARTS) is 1. The van der Waals surface area contributed by atoms with E-state index in [0.29, 0.717) is 11.9 Å². The van der Waals surface area contributed by atoms with E-state index in [4.69, 9.17) is 5.11 Å². The number of aldehydes is 1. The SMILES string of the molecule is CC=C(C=O)C(CC(=O)O)CC(=O)OC. The number of hydrogen-bond acceptors (Lipinski definition) is 4. The predicted octanol–water partition coefficient (Wildman–Crippen LogP) is 0.786. The van der Waals surface area contributed by atoms with Gasteiger partial charge in [-0.05, 0) is 12.5 Å². The van der Waals surface area contributed by atoms with Crippen molar-refractivity contribution in [2.45, 2.75) is 19.8 Å². The average molecular weight is 214 g/mol. The zero-order valence-corrected chi connectivity index (χ0v) is 8.73. The van der Waals surface area contributed by atoms with E-state index in [-0.39, 0.29) is 12.8 Å². The van der Waals surface area contributed by atoms with Crippen molar-refractivity contribution in [1.82, 2.24) is 0 Å². The van der Waals surface area contributed by atoms with Crippen LogP contribution in [0.5, 0.6) is 0 Å². The topological polar surface area (TPSA) is 80.7 Å². The molecule has 1 N–H and O–H groups in total. The van der Waals surface area contributed by atoms with Gasteiger partial charge in [0.25, 0.3) is 0 Å². The van der Waals surface area contributed by atoms with Crippen LogP contribution in [-0.4, -0.2) is 30.4 Å². The molecule has 0 saturated heterocycles. The van der Waals surface area contributed by atoms with Gasteiger partial charge in [0.05, 0.1) is 20.0 Å². The third-order valence-electron chi connectivity index (χ3n) is 2.00. The van der Waals surface area contributed by atoms with Gasteiger partial charge in [-0.2, -0.15) is 0 Å². The summed E-state index contributed by atoms with van der Waals surface area (Å²) >= 11 is 0. The number of carbonyl (C=O) groups excluding carboxylic acids is 2. The lowest BCUT2D eigenvalue weighted by molar-refractivity contribution is -0.142. The number of aliphatic carboxylic acids is 1. The van der Waals surface area contributed by atoms with Gasteiger partial charge in [-0.3, -0.25) is 14.4 Å². The van der Waals surface area contributed by atoms with Crippen LogP contribution in [0.15, 0.2) is 11.6 Å². The molecule has 0 radical (unpaired) electrons. The average Bonchev–Trinajstić information content (AvgIpc) is 2.18.